The molecular weight excluding hydrogens is 254 g/mol. The molecule has 0 radical (unpaired) electrons. The SMILES string of the molecule is O[C@H](c1ccccc1Cl)C(Cl)(Cl)Cl. The molecule has 5 heteroatoms. The molecule has 0 aliphatic heterocycles. The lowest BCUT2D eigenvalue weighted by molar-refractivity contribution is 0.182. The van der Waals surface area contributed by atoms with E-state index in [4.69, 9.17) is 46.4 Å². The van der Waals surface area contributed by atoms with E-state index in [1.165, 1.54) is 0 Å². The third kappa shape index (κ3) is 2.90. The Balaban J connectivity index is 3.02. The van der Waals surface area contributed by atoms with Gasteiger partial charge in [-0.2, -0.15) is 0 Å². The fourth-order valence-corrected chi connectivity index (χ4v) is 1.46. The van der Waals surface area contributed by atoms with Gasteiger partial charge >= 0.3 is 0 Å². The van der Waals surface area contributed by atoms with Gasteiger partial charge in [0.1, 0.15) is 6.10 Å². The monoisotopic (exact) mass is 258 g/mol. The maximum atomic E-state index is 9.56. The van der Waals surface area contributed by atoms with E-state index in [0.717, 1.165) is 0 Å². The highest BCUT2D eigenvalue weighted by Gasteiger charge is 2.33. The zero-order valence-electron chi connectivity index (χ0n) is 6.35. The molecule has 0 spiro atoms. The van der Waals surface area contributed by atoms with Crippen molar-refractivity contribution < 1.29 is 5.11 Å². The van der Waals surface area contributed by atoms with Crippen LogP contribution in [0, 0.1) is 0 Å². The number of hydrogen-bond donors (Lipinski definition) is 1. The molecular formula is C8H6Cl4O. The van der Waals surface area contributed by atoms with Crippen molar-refractivity contribution in [3.05, 3.63) is 34.9 Å². The van der Waals surface area contributed by atoms with E-state index in [1.54, 1.807) is 24.3 Å². The molecule has 0 unspecified atom stereocenters. The summed E-state index contributed by atoms with van der Waals surface area (Å²) in [4.78, 5) is 0. The van der Waals surface area contributed by atoms with Gasteiger partial charge in [-0.25, -0.2) is 0 Å². The number of aliphatic hydroxyl groups is 1. The van der Waals surface area contributed by atoms with Gasteiger partial charge < -0.3 is 5.11 Å². The smallest absolute Gasteiger partial charge is 0.220 e. The molecule has 1 atom stereocenters. The topological polar surface area (TPSA) is 20.2 Å². The van der Waals surface area contributed by atoms with E-state index in [1.807, 2.05) is 0 Å². The van der Waals surface area contributed by atoms with Crippen LogP contribution in [0.15, 0.2) is 24.3 Å². The number of rotatable bonds is 1. The number of benzene rings is 1. The van der Waals surface area contributed by atoms with Gasteiger partial charge in [0.2, 0.25) is 3.79 Å². The summed E-state index contributed by atoms with van der Waals surface area (Å²) < 4.78 is -1.76. The average Bonchev–Trinajstić information content (AvgIpc) is 2.02. The van der Waals surface area contributed by atoms with Crippen molar-refractivity contribution in [3.8, 4) is 0 Å². The zero-order valence-corrected chi connectivity index (χ0v) is 9.37. The summed E-state index contributed by atoms with van der Waals surface area (Å²) >= 11 is 22.3. The molecule has 0 fully saturated rings. The molecule has 1 nitrogen and oxygen atoms in total. The van der Waals surface area contributed by atoms with Gasteiger partial charge in [0.05, 0.1) is 0 Å². The predicted octanol–water partition coefficient (Wildman–Crippen LogP) is 3.74. The molecule has 0 aromatic heterocycles. The Morgan fingerprint density at radius 3 is 2.15 bits per heavy atom. The number of halogens is 4. The standard InChI is InChI=1S/C8H6Cl4O/c9-6-4-2-1-3-5(6)7(13)8(10,11)12/h1-4,7,13H/t7-/m1/s1. The van der Waals surface area contributed by atoms with Crippen LogP contribution in [0.1, 0.15) is 11.7 Å². The van der Waals surface area contributed by atoms with Crippen molar-refractivity contribution in [2.75, 3.05) is 0 Å². The molecule has 0 aliphatic rings. The predicted molar refractivity (Wildman–Crippen MR) is 56.7 cm³/mol. The summed E-state index contributed by atoms with van der Waals surface area (Å²) in [5, 5.41) is 9.93. The van der Waals surface area contributed by atoms with Crippen LogP contribution in [0.3, 0.4) is 0 Å². The molecule has 0 bridgehead atoms. The molecule has 0 saturated carbocycles. The highest BCUT2D eigenvalue weighted by molar-refractivity contribution is 6.68. The summed E-state index contributed by atoms with van der Waals surface area (Å²) in [5.74, 6) is 0. The first-order valence-corrected chi connectivity index (χ1v) is 4.93. The van der Waals surface area contributed by atoms with Crippen LogP contribution in [0.25, 0.3) is 0 Å². The Bertz CT molecular complexity index is 294. The maximum absolute atomic E-state index is 9.56. The summed E-state index contributed by atoms with van der Waals surface area (Å²) in [6.07, 6.45) is -1.22. The van der Waals surface area contributed by atoms with E-state index >= 15 is 0 Å². The lowest BCUT2D eigenvalue weighted by Crippen LogP contribution is -2.16. The molecule has 72 valence electrons. The van der Waals surface area contributed by atoms with Crippen molar-refractivity contribution in [1.82, 2.24) is 0 Å². The lowest BCUT2D eigenvalue weighted by Gasteiger charge is -2.19. The molecule has 1 aromatic carbocycles. The van der Waals surface area contributed by atoms with Gasteiger partial charge in [-0.3, -0.25) is 0 Å². The summed E-state index contributed by atoms with van der Waals surface area (Å²) in [6, 6.07) is 6.67. The second-order valence-electron chi connectivity index (χ2n) is 2.47. The fourth-order valence-electron chi connectivity index (χ4n) is 0.873. The first-order chi connectivity index (χ1) is 5.93. The molecule has 13 heavy (non-hydrogen) atoms. The second-order valence-corrected chi connectivity index (χ2v) is 5.24. The minimum atomic E-state index is -1.76. The highest BCUT2D eigenvalue weighted by Crippen LogP contribution is 2.41. The summed E-state index contributed by atoms with van der Waals surface area (Å²) in [7, 11) is 0. The van der Waals surface area contributed by atoms with Crippen molar-refractivity contribution in [2.24, 2.45) is 0 Å². The van der Waals surface area contributed by atoms with Crippen LogP contribution in [0.5, 0.6) is 0 Å². The average molecular weight is 260 g/mol. The van der Waals surface area contributed by atoms with Crippen LogP contribution in [-0.4, -0.2) is 8.90 Å². The van der Waals surface area contributed by atoms with Crippen molar-refractivity contribution in [3.63, 3.8) is 0 Å². The van der Waals surface area contributed by atoms with Crippen molar-refractivity contribution in [1.29, 1.82) is 0 Å². The van der Waals surface area contributed by atoms with Crippen molar-refractivity contribution in [2.45, 2.75) is 9.90 Å². The third-order valence-electron chi connectivity index (χ3n) is 1.51. The van der Waals surface area contributed by atoms with Gasteiger partial charge in [-0.15, -0.1) is 0 Å². The maximum Gasteiger partial charge on any atom is 0.220 e. The van der Waals surface area contributed by atoms with Gasteiger partial charge in [0, 0.05) is 10.6 Å². The Labute approximate surface area is 96.2 Å². The lowest BCUT2D eigenvalue weighted by atomic mass is 10.1. The molecule has 1 N–H and O–H groups in total. The van der Waals surface area contributed by atoms with Gasteiger partial charge in [0.15, 0.2) is 0 Å². The van der Waals surface area contributed by atoms with E-state index in [-0.39, 0.29) is 0 Å². The van der Waals surface area contributed by atoms with E-state index in [9.17, 15) is 5.11 Å². The van der Waals surface area contributed by atoms with Crippen molar-refractivity contribution >= 4 is 46.4 Å². The van der Waals surface area contributed by atoms with E-state index in [0.29, 0.717) is 10.6 Å². The minimum absolute atomic E-state index is 0.376. The Kier molecular flexibility index (Phi) is 3.73. The number of alkyl halides is 3. The Hall–Kier alpha value is 0.340. The minimum Gasteiger partial charge on any atom is -0.384 e. The molecule has 0 aliphatic carbocycles. The molecule has 1 aromatic rings. The summed E-state index contributed by atoms with van der Waals surface area (Å²) in [6.45, 7) is 0. The third-order valence-corrected chi connectivity index (χ3v) is 2.47. The van der Waals surface area contributed by atoms with Gasteiger partial charge in [0.25, 0.3) is 0 Å². The van der Waals surface area contributed by atoms with Gasteiger partial charge in [-0.05, 0) is 6.07 Å². The summed E-state index contributed by atoms with van der Waals surface area (Å²) in [5.41, 5.74) is 0.407. The number of aliphatic hydroxyl groups excluding tert-OH is 1. The van der Waals surface area contributed by atoms with Crippen LogP contribution in [-0.2, 0) is 0 Å². The molecule has 1 rings (SSSR count). The van der Waals surface area contributed by atoms with E-state index < -0.39 is 9.90 Å². The Morgan fingerprint density at radius 1 is 1.15 bits per heavy atom. The molecule has 0 heterocycles. The fraction of sp³-hybridized carbons (Fsp3) is 0.250. The van der Waals surface area contributed by atoms with Gasteiger partial charge in [-0.1, -0.05) is 64.6 Å². The Morgan fingerprint density at radius 2 is 1.69 bits per heavy atom. The quantitative estimate of drug-likeness (QED) is 0.762. The number of hydrogen-bond acceptors (Lipinski definition) is 1. The largest absolute Gasteiger partial charge is 0.384 e. The van der Waals surface area contributed by atoms with E-state index in [2.05, 4.69) is 0 Å². The second kappa shape index (κ2) is 4.24. The van der Waals surface area contributed by atoms with Crippen LogP contribution >= 0.6 is 46.4 Å². The van der Waals surface area contributed by atoms with Crippen LogP contribution in [0.2, 0.25) is 5.02 Å². The van der Waals surface area contributed by atoms with Crippen LogP contribution < -0.4 is 0 Å². The first-order valence-electron chi connectivity index (χ1n) is 3.42. The first kappa shape index (κ1) is 11.4. The molecule has 0 amide bonds. The zero-order chi connectivity index (χ0) is 10.1. The normalized spacial score (nSPS) is 14.2. The highest BCUT2D eigenvalue weighted by atomic mass is 35.6. The molecule has 0 saturated heterocycles. The van der Waals surface area contributed by atoms with Crippen LogP contribution in [0.4, 0.5) is 0 Å².